The van der Waals surface area contributed by atoms with Gasteiger partial charge in [-0.05, 0) is 18.6 Å². The second-order valence-corrected chi connectivity index (χ2v) is 5.00. The number of likely N-dealkylation sites (tertiary alicyclic amines) is 1. The van der Waals surface area contributed by atoms with Crippen molar-refractivity contribution in [1.82, 2.24) is 9.80 Å². The van der Waals surface area contributed by atoms with E-state index in [1.165, 1.54) is 0 Å². The molecular weight excluding hydrogens is 274 g/mol. The van der Waals surface area contributed by atoms with E-state index in [0.717, 1.165) is 4.90 Å². The van der Waals surface area contributed by atoms with E-state index in [1.807, 2.05) is 18.2 Å². The number of benzene rings is 1. The summed E-state index contributed by atoms with van der Waals surface area (Å²) in [5.41, 5.74) is 0.711. The smallest absolute Gasteiger partial charge is 0.417 e. The Balaban J connectivity index is 1.60. The third-order valence-corrected chi connectivity index (χ3v) is 3.63. The fraction of sp³-hybridized carbons (Fsp3) is 0.357. The zero-order valence-corrected chi connectivity index (χ0v) is 11.3. The topological polar surface area (TPSA) is 79.0 Å². The molecule has 1 aromatic carbocycles. The zero-order valence-electron chi connectivity index (χ0n) is 11.3. The standard InChI is InChI=1S/C14H15N3O4/c18-12-9-21-14(20)17(12)11-6-7-16(8-11)13(19)15-10-4-2-1-3-5-10/h1-5,11H,6-9H2,(H,15,19). The second kappa shape index (κ2) is 5.43. The first-order valence-electron chi connectivity index (χ1n) is 6.75. The van der Waals surface area contributed by atoms with Gasteiger partial charge in [0.15, 0.2) is 6.61 Å². The lowest BCUT2D eigenvalue weighted by atomic mass is 10.2. The monoisotopic (exact) mass is 289 g/mol. The normalized spacial score (nSPS) is 21.6. The number of imide groups is 1. The van der Waals surface area contributed by atoms with Gasteiger partial charge in [0.1, 0.15) is 0 Å². The third-order valence-electron chi connectivity index (χ3n) is 3.63. The maximum absolute atomic E-state index is 12.1. The Morgan fingerprint density at radius 1 is 1.24 bits per heavy atom. The van der Waals surface area contributed by atoms with E-state index in [1.54, 1.807) is 17.0 Å². The number of carbonyl (C=O) groups is 3. The van der Waals surface area contributed by atoms with E-state index in [4.69, 9.17) is 4.74 Å². The van der Waals surface area contributed by atoms with Crippen LogP contribution in [0.3, 0.4) is 0 Å². The molecular formula is C14H15N3O4. The van der Waals surface area contributed by atoms with Crippen molar-refractivity contribution in [3.8, 4) is 0 Å². The van der Waals surface area contributed by atoms with Gasteiger partial charge in [-0.15, -0.1) is 0 Å². The number of amides is 4. The predicted molar refractivity (Wildman–Crippen MR) is 73.6 cm³/mol. The maximum Gasteiger partial charge on any atom is 0.417 e. The number of urea groups is 1. The summed E-state index contributed by atoms with van der Waals surface area (Å²) < 4.78 is 4.70. The van der Waals surface area contributed by atoms with E-state index >= 15 is 0 Å². The average Bonchev–Trinajstić information content (AvgIpc) is 3.07. The number of carbonyl (C=O) groups excluding carboxylic acids is 3. The summed E-state index contributed by atoms with van der Waals surface area (Å²) >= 11 is 0. The molecule has 4 amide bonds. The molecule has 0 spiro atoms. The first-order chi connectivity index (χ1) is 10.1. The molecule has 2 fully saturated rings. The fourth-order valence-corrected chi connectivity index (χ4v) is 2.58. The number of cyclic esters (lactones) is 1. The summed E-state index contributed by atoms with van der Waals surface area (Å²) in [5.74, 6) is -0.338. The first-order valence-corrected chi connectivity index (χ1v) is 6.75. The molecule has 1 atom stereocenters. The molecule has 110 valence electrons. The van der Waals surface area contributed by atoms with Crippen LogP contribution in [0.15, 0.2) is 30.3 Å². The highest BCUT2D eigenvalue weighted by atomic mass is 16.6. The molecule has 1 N–H and O–H groups in total. The van der Waals surface area contributed by atoms with E-state index in [2.05, 4.69) is 5.32 Å². The van der Waals surface area contributed by atoms with Crippen LogP contribution in [0, 0.1) is 0 Å². The van der Waals surface area contributed by atoms with Crippen molar-refractivity contribution in [2.45, 2.75) is 12.5 Å². The summed E-state index contributed by atoms with van der Waals surface area (Å²) in [7, 11) is 0. The van der Waals surface area contributed by atoms with Crippen molar-refractivity contribution in [1.29, 1.82) is 0 Å². The molecule has 0 bridgehead atoms. The van der Waals surface area contributed by atoms with Crippen LogP contribution in [-0.4, -0.2) is 53.6 Å². The van der Waals surface area contributed by atoms with E-state index in [-0.39, 0.29) is 24.6 Å². The van der Waals surface area contributed by atoms with Crippen molar-refractivity contribution in [3.05, 3.63) is 30.3 Å². The van der Waals surface area contributed by atoms with Gasteiger partial charge in [0.05, 0.1) is 6.04 Å². The Hall–Kier alpha value is -2.57. The first kappa shape index (κ1) is 13.4. The van der Waals surface area contributed by atoms with E-state index in [9.17, 15) is 14.4 Å². The minimum atomic E-state index is -0.615. The SMILES string of the molecule is O=C(Nc1ccccc1)N1CCC(N2C(=O)COC2=O)C1. The minimum Gasteiger partial charge on any atom is -0.439 e. The van der Waals surface area contributed by atoms with Gasteiger partial charge >= 0.3 is 12.1 Å². The molecule has 2 heterocycles. The van der Waals surface area contributed by atoms with Crippen LogP contribution < -0.4 is 5.32 Å². The molecule has 7 nitrogen and oxygen atoms in total. The largest absolute Gasteiger partial charge is 0.439 e. The van der Waals surface area contributed by atoms with Crippen molar-refractivity contribution < 1.29 is 19.1 Å². The fourth-order valence-electron chi connectivity index (χ4n) is 2.58. The Kier molecular flexibility index (Phi) is 3.47. The number of ether oxygens (including phenoxy) is 1. The van der Waals surface area contributed by atoms with Gasteiger partial charge in [0.2, 0.25) is 0 Å². The van der Waals surface area contributed by atoms with Crippen LogP contribution in [0.1, 0.15) is 6.42 Å². The summed E-state index contributed by atoms with van der Waals surface area (Å²) in [5, 5.41) is 2.78. The molecule has 3 rings (SSSR count). The molecule has 0 aliphatic carbocycles. The number of para-hydroxylation sites is 1. The van der Waals surface area contributed by atoms with Crippen molar-refractivity contribution in [2.75, 3.05) is 25.0 Å². The van der Waals surface area contributed by atoms with Crippen molar-refractivity contribution >= 4 is 23.7 Å². The van der Waals surface area contributed by atoms with Crippen LogP contribution in [0.5, 0.6) is 0 Å². The molecule has 21 heavy (non-hydrogen) atoms. The molecule has 0 radical (unpaired) electrons. The summed E-state index contributed by atoms with van der Waals surface area (Å²) in [6.07, 6.45) is -0.0430. The van der Waals surface area contributed by atoms with Gasteiger partial charge < -0.3 is 15.0 Å². The molecule has 0 aromatic heterocycles. The number of rotatable bonds is 2. The number of anilines is 1. The van der Waals surface area contributed by atoms with Gasteiger partial charge in [-0.25, -0.2) is 14.5 Å². The highest BCUT2D eigenvalue weighted by Crippen LogP contribution is 2.20. The molecule has 0 saturated carbocycles. The Bertz CT molecular complexity index is 559. The van der Waals surface area contributed by atoms with Crippen molar-refractivity contribution in [3.63, 3.8) is 0 Å². The number of hydrogen-bond acceptors (Lipinski definition) is 4. The minimum absolute atomic E-state index is 0.203. The van der Waals surface area contributed by atoms with Crippen LogP contribution >= 0.6 is 0 Å². The summed E-state index contributed by atoms with van der Waals surface area (Å²) in [4.78, 5) is 38.0. The number of nitrogens with one attached hydrogen (secondary N) is 1. The lowest BCUT2D eigenvalue weighted by molar-refractivity contribution is -0.127. The molecule has 7 heteroatoms. The van der Waals surface area contributed by atoms with Crippen molar-refractivity contribution in [2.24, 2.45) is 0 Å². The maximum atomic E-state index is 12.1. The van der Waals surface area contributed by atoms with Crippen LogP contribution in [-0.2, 0) is 9.53 Å². The molecule has 1 unspecified atom stereocenters. The van der Waals surface area contributed by atoms with Gasteiger partial charge in [-0.3, -0.25) is 4.79 Å². The van der Waals surface area contributed by atoms with Gasteiger partial charge in [-0.2, -0.15) is 0 Å². The Labute approximate surface area is 121 Å². The summed E-state index contributed by atoms with van der Waals surface area (Å²) in [6, 6.07) is 8.60. The lowest BCUT2D eigenvalue weighted by Crippen LogP contribution is -2.42. The Morgan fingerprint density at radius 2 is 2.00 bits per heavy atom. The third kappa shape index (κ3) is 2.67. The van der Waals surface area contributed by atoms with Gasteiger partial charge in [-0.1, -0.05) is 18.2 Å². The van der Waals surface area contributed by atoms with Crippen LogP contribution in [0.25, 0.3) is 0 Å². The van der Waals surface area contributed by atoms with Gasteiger partial charge in [0, 0.05) is 18.8 Å². The number of nitrogens with zero attached hydrogens (tertiary/aromatic N) is 2. The highest BCUT2D eigenvalue weighted by molar-refractivity contribution is 5.98. The van der Waals surface area contributed by atoms with Gasteiger partial charge in [0.25, 0.3) is 5.91 Å². The molecule has 2 aliphatic heterocycles. The lowest BCUT2D eigenvalue weighted by Gasteiger charge is -2.20. The molecule has 2 aliphatic rings. The van der Waals surface area contributed by atoms with Crippen LogP contribution in [0.4, 0.5) is 15.3 Å². The second-order valence-electron chi connectivity index (χ2n) is 5.00. The highest BCUT2D eigenvalue weighted by Gasteiger charge is 2.41. The molecule has 2 saturated heterocycles. The Morgan fingerprint density at radius 3 is 2.67 bits per heavy atom. The predicted octanol–water partition coefficient (Wildman–Crippen LogP) is 1.27. The zero-order chi connectivity index (χ0) is 14.8. The number of hydrogen-bond donors (Lipinski definition) is 1. The quantitative estimate of drug-likeness (QED) is 0.889. The molecule has 1 aromatic rings. The van der Waals surface area contributed by atoms with Crippen LogP contribution in [0.2, 0.25) is 0 Å². The van der Waals surface area contributed by atoms with E-state index < -0.39 is 6.09 Å². The average molecular weight is 289 g/mol. The summed E-state index contributed by atoms with van der Waals surface area (Å²) in [6.45, 7) is 0.630. The van der Waals surface area contributed by atoms with E-state index in [0.29, 0.717) is 25.2 Å².